The molecule has 0 aliphatic rings. The van der Waals surface area contributed by atoms with E-state index in [4.69, 9.17) is 10.00 Å². The molecule has 0 radical (unpaired) electrons. The summed E-state index contributed by atoms with van der Waals surface area (Å²) in [6.45, 7) is 0. The minimum absolute atomic E-state index is 0.181. The average molecular weight is 267 g/mol. The van der Waals surface area contributed by atoms with Gasteiger partial charge in [-0.2, -0.15) is 5.26 Å². The van der Waals surface area contributed by atoms with E-state index >= 15 is 0 Å². The second kappa shape index (κ2) is 6.34. The first-order chi connectivity index (χ1) is 9.72. The highest BCUT2D eigenvalue weighted by molar-refractivity contribution is 6.04. The molecule has 0 unspecified atom stereocenters. The Morgan fingerprint density at radius 1 is 1.40 bits per heavy atom. The van der Waals surface area contributed by atoms with E-state index in [-0.39, 0.29) is 12.3 Å². The van der Waals surface area contributed by atoms with Gasteiger partial charge in [0.1, 0.15) is 5.75 Å². The van der Waals surface area contributed by atoms with E-state index in [2.05, 4.69) is 10.3 Å². The van der Waals surface area contributed by atoms with Crippen LogP contribution in [0, 0.1) is 11.3 Å². The van der Waals surface area contributed by atoms with E-state index < -0.39 is 0 Å². The molecule has 1 aromatic heterocycles. The molecular formula is C15H13N3O2. The quantitative estimate of drug-likeness (QED) is 0.923. The lowest BCUT2D eigenvalue weighted by Crippen LogP contribution is -2.12. The molecule has 2 aromatic rings. The Balaban J connectivity index is 2.15. The van der Waals surface area contributed by atoms with E-state index in [1.54, 1.807) is 43.5 Å². The molecule has 1 N–H and O–H groups in total. The number of hydrogen-bond acceptors (Lipinski definition) is 4. The predicted molar refractivity (Wildman–Crippen MR) is 74.5 cm³/mol. The number of benzene rings is 1. The molecule has 1 amide bonds. The molecule has 0 atom stereocenters. The van der Waals surface area contributed by atoms with Gasteiger partial charge in [0.25, 0.3) is 5.91 Å². The maximum absolute atomic E-state index is 12.1. The van der Waals surface area contributed by atoms with Crippen LogP contribution in [0.3, 0.4) is 0 Å². The van der Waals surface area contributed by atoms with Crippen LogP contribution in [0.5, 0.6) is 5.75 Å². The van der Waals surface area contributed by atoms with Crippen LogP contribution < -0.4 is 10.1 Å². The highest BCUT2D eigenvalue weighted by Crippen LogP contribution is 2.17. The van der Waals surface area contributed by atoms with Gasteiger partial charge in [0.05, 0.1) is 25.3 Å². The Morgan fingerprint density at radius 3 is 3.00 bits per heavy atom. The summed E-state index contributed by atoms with van der Waals surface area (Å²) in [5.74, 6) is 0.419. The Labute approximate surface area is 116 Å². The lowest BCUT2D eigenvalue weighted by atomic mass is 10.2. The lowest BCUT2D eigenvalue weighted by Gasteiger charge is -2.07. The van der Waals surface area contributed by atoms with Gasteiger partial charge in [-0.3, -0.25) is 9.78 Å². The SMILES string of the molecule is COc1cccc(NC(=O)c2ccnc(CC#N)c2)c1. The van der Waals surface area contributed by atoms with Crippen LogP contribution in [0.4, 0.5) is 5.69 Å². The van der Waals surface area contributed by atoms with Crippen LogP contribution in [0.2, 0.25) is 0 Å². The van der Waals surface area contributed by atoms with Crippen molar-refractivity contribution in [3.05, 3.63) is 53.9 Å². The number of pyridine rings is 1. The van der Waals surface area contributed by atoms with Crippen molar-refractivity contribution in [2.24, 2.45) is 0 Å². The van der Waals surface area contributed by atoms with Gasteiger partial charge in [-0.25, -0.2) is 0 Å². The number of methoxy groups -OCH3 is 1. The van der Waals surface area contributed by atoms with Crippen molar-refractivity contribution < 1.29 is 9.53 Å². The Bertz CT molecular complexity index is 662. The number of aromatic nitrogens is 1. The predicted octanol–water partition coefficient (Wildman–Crippen LogP) is 2.41. The van der Waals surface area contributed by atoms with Crippen LogP contribution in [0.1, 0.15) is 16.1 Å². The summed E-state index contributed by atoms with van der Waals surface area (Å²) in [4.78, 5) is 16.1. The van der Waals surface area contributed by atoms with Gasteiger partial charge in [-0.15, -0.1) is 0 Å². The number of amides is 1. The van der Waals surface area contributed by atoms with Crippen molar-refractivity contribution in [1.82, 2.24) is 4.98 Å². The van der Waals surface area contributed by atoms with Crippen molar-refractivity contribution >= 4 is 11.6 Å². The first-order valence-electron chi connectivity index (χ1n) is 6.00. The molecule has 1 heterocycles. The molecule has 0 aliphatic heterocycles. The van der Waals surface area contributed by atoms with Gasteiger partial charge in [0, 0.05) is 23.5 Å². The number of anilines is 1. The summed E-state index contributed by atoms with van der Waals surface area (Å²) in [6.07, 6.45) is 1.70. The molecule has 2 rings (SSSR count). The van der Waals surface area contributed by atoms with Crippen molar-refractivity contribution in [3.8, 4) is 11.8 Å². The second-order valence-electron chi connectivity index (χ2n) is 4.06. The Morgan fingerprint density at radius 2 is 2.25 bits per heavy atom. The first kappa shape index (κ1) is 13.6. The number of ether oxygens (including phenoxy) is 1. The van der Waals surface area contributed by atoms with Gasteiger partial charge in [0.15, 0.2) is 0 Å². The Kier molecular flexibility index (Phi) is 4.30. The number of nitrogens with zero attached hydrogens (tertiary/aromatic N) is 2. The molecule has 0 bridgehead atoms. The number of carbonyl (C=O) groups excluding carboxylic acids is 1. The van der Waals surface area contributed by atoms with Gasteiger partial charge in [-0.05, 0) is 24.3 Å². The summed E-state index contributed by atoms with van der Waals surface area (Å²) >= 11 is 0. The van der Waals surface area contributed by atoms with Gasteiger partial charge in [-0.1, -0.05) is 6.07 Å². The van der Waals surface area contributed by atoms with E-state index in [0.29, 0.717) is 22.7 Å². The zero-order chi connectivity index (χ0) is 14.4. The number of nitrogens with one attached hydrogen (secondary N) is 1. The largest absolute Gasteiger partial charge is 0.497 e. The van der Waals surface area contributed by atoms with Crippen LogP contribution >= 0.6 is 0 Å². The van der Waals surface area contributed by atoms with E-state index in [1.165, 1.54) is 6.20 Å². The van der Waals surface area contributed by atoms with E-state index in [1.807, 2.05) is 6.07 Å². The third-order valence-corrected chi connectivity index (χ3v) is 2.67. The van der Waals surface area contributed by atoms with Crippen molar-refractivity contribution in [3.63, 3.8) is 0 Å². The first-order valence-corrected chi connectivity index (χ1v) is 6.00. The molecule has 0 spiro atoms. The normalized spacial score (nSPS) is 9.60. The zero-order valence-corrected chi connectivity index (χ0v) is 11.0. The highest BCUT2D eigenvalue weighted by atomic mass is 16.5. The third-order valence-electron chi connectivity index (χ3n) is 2.67. The van der Waals surface area contributed by atoms with Crippen molar-refractivity contribution in [1.29, 1.82) is 5.26 Å². The average Bonchev–Trinajstić information content (AvgIpc) is 2.48. The molecule has 100 valence electrons. The fraction of sp³-hybridized carbons (Fsp3) is 0.133. The van der Waals surface area contributed by atoms with Gasteiger partial charge < -0.3 is 10.1 Å². The Hall–Kier alpha value is -2.87. The number of rotatable bonds is 4. The van der Waals surface area contributed by atoms with Gasteiger partial charge in [0.2, 0.25) is 0 Å². The molecule has 0 fully saturated rings. The lowest BCUT2D eigenvalue weighted by molar-refractivity contribution is 0.102. The van der Waals surface area contributed by atoms with Crippen molar-refractivity contribution in [2.45, 2.75) is 6.42 Å². The van der Waals surface area contributed by atoms with Crippen LogP contribution in [0.15, 0.2) is 42.6 Å². The molecule has 1 aromatic carbocycles. The number of carbonyl (C=O) groups is 1. The standard InChI is InChI=1S/C15H13N3O2/c1-20-14-4-2-3-13(10-14)18-15(19)11-6-8-17-12(9-11)5-7-16/h2-4,6,8-10H,5H2,1H3,(H,18,19). The topological polar surface area (TPSA) is 75.0 Å². The van der Waals surface area contributed by atoms with Crippen LogP contribution in [-0.4, -0.2) is 18.0 Å². The van der Waals surface area contributed by atoms with E-state index in [9.17, 15) is 4.79 Å². The highest BCUT2D eigenvalue weighted by Gasteiger charge is 2.08. The summed E-state index contributed by atoms with van der Waals surface area (Å²) in [6, 6.07) is 12.3. The molecule has 5 nitrogen and oxygen atoms in total. The van der Waals surface area contributed by atoms with E-state index in [0.717, 1.165) is 0 Å². The maximum Gasteiger partial charge on any atom is 0.255 e. The smallest absolute Gasteiger partial charge is 0.255 e. The minimum Gasteiger partial charge on any atom is -0.497 e. The fourth-order valence-corrected chi connectivity index (χ4v) is 1.70. The summed E-state index contributed by atoms with van der Waals surface area (Å²) < 4.78 is 5.10. The van der Waals surface area contributed by atoms with Crippen LogP contribution in [-0.2, 0) is 6.42 Å². The summed E-state index contributed by atoms with van der Waals surface area (Å²) in [7, 11) is 1.57. The molecule has 0 aliphatic carbocycles. The molecule has 0 saturated carbocycles. The fourth-order valence-electron chi connectivity index (χ4n) is 1.70. The molecule has 20 heavy (non-hydrogen) atoms. The van der Waals surface area contributed by atoms with Crippen LogP contribution in [0.25, 0.3) is 0 Å². The summed E-state index contributed by atoms with van der Waals surface area (Å²) in [5, 5.41) is 11.4. The second-order valence-corrected chi connectivity index (χ2v) is 4.06. The number of nitriles is 1. The minimum atomic E-state index is -0.250. The molecular weight excluding hydrogens is 254 g/mol. The van der Waals surface area contributed by atoms with Gasteiger partial charge >= 0.3 is 0 Å². The third kappa shape index (κ3) is 3.33. The maximum atomic E-state index is 12.1. The monoisotopic (exact) mass is 267 g/mol. The zero-order valence-electron chi connectivity index (χ0n) is 11.0. The van der Waals surface area contributed by atoms with Crippen molar-refractivity contribution in [2.75, 3.05) is 12.4 Å². The molecule has 0 saturated heterocycles. The summed E-state index contributed by atoms with van der Waals surface area (Å²) in [5.41, 5.74) is 1.69. The molecule has 5 heteroatoms. The number of hydrogen-bond donors (Lipinski definition) is 1.